The fourth-order valence-electron chi connectivity index (χ4n) is 3.53. The lowest BCUT2D eigenvalue weighted by atomic mass is 10.0. The van der Waals surface area contributed by atoms with Crippen molar-refractivity contribution in [1.29, 1.82) is 0 Å². The van der Waals surface area contributed by atoms with Crippen molar-refractivity contribution in [3.8, 4) is 11.5 Å². The summed E-state index contributed by atoms with van der Waals surface area (Å²) in [6.45, 7) is 0.739. The summed E-state index contributed by atoms with van der Waals surface area (Å²) in [6.07, 6.45) is 1.90. The number of hydrogen-bond acceptors (Lipinski definition) is 7. The molecule has 0 saturated heterocycles. The van der Waals surface area contributed by atoms with Crippen LogP contribution in [0.15, 0.2) is 48.5 Å². The lowest BCUT2D eigenvalue weighted by Gasteiger charge is -2.22. The van der Waals surface area contributed by atoms with Crippen molar-refractivity contribution in [3.63, 3.8) is 0 Å². The molecule has 0 amide bonds. The molecule has 0 aromatic heterocycles. The highest BCUT2D eigenvalue weighted by molar-refractivity contribution is 5.69. The van der Waals surface area contributed by atoms with Crippen LogP contribution in [-0.2, 0) is 22.4 Å². The predicted molar refractivity (Wildman–Crippen MR) is 127 cm³/mol. The zero-order valence-corrected chi connectivity index (χ0v) is 19.9. The van der Waals surface area contributed by atoms with E-state index in [2.05, 4.69) is 18.2 Å². The number of para-hydroxylation sites is 1. The lowest BCUT2D eigenvalue weighted by Crippen LogP contribution is -2.35. The van der Waals surface area contributed by atoms with E-state index in [1.54, 1.807) is 7.11 Å². The van der Waals surface area contributed by atoms with E-state index >= 15 is 0 Å². The molecule has 0 aliphatic heterocycles. The van der Waals surface area contributed by atoms with Crippen LogP contribution in [-0.4, -0.2) is 67.8 Å². The molecule has 0 bridgehead atoms. The monoisotopic (exact) mass is 459 g/mol. The summed E-state index contributed by atoms with van der Waals surface area (Å²) < 4.78 is 16.8. The van der Waals surface area contributed by atoms with Crippen LogP contribution in [0.5, 0.6) is 11.5 Å². The zero-order chi connectivity index (χ0) is 24.1. The van der Waals surface area contributed by atoms with Gasteiger partial charge in [0.25, 0.3) is 0 Å². The van der Waals surface area contributed by atoms with Crippen LogP contribution in [0.25, 0.3) is 0 Å². The molecule has 0 radical (unpaired) electrons. The minimum Gasteiger partial charge on any atom is -0.497 e. The maximum absolute atomic E-state index is 12.0. The molecule has 2 rings (SSSR count). The van der Waals surface area contributed by atoms with Gasteiger partial charge in [-0.25, -0.2) is 0 Å². The second-order valence-electron chi connectivity index (χ2n) is 8.37. The maximum atomic E-state index is 12.0. The molecule has 7 heteroatoms. The van der Waals surface area contributed by atoms with Crippen LogP contribution in [0.2, 0.25) is 0 Å². The van der Waals surface area contributed by atoms with E-state index in [1.165, 1.54) is 5.56 Å². The number of nitrogens with zero attached hydrogens (tertiary/aromatic N) is 1. The number of benzene rings is 2. The number of likely N-dealkylation sites (N-methyl/N-ethyl adjacent to an activating group) is 1. The summed E-state index contributed by atoms with van der Waals surface area (Å²) in [4.78, 5) is 13.9. The third-order valence-electron chi connectivity index (χ3n) is 5.17. The van der Waals surface area contributed by atoms with Crippen LogP contribution >= 0.6 is 0 Å². The number of carbonyl (C=O) groups is 1. The lowest BCUT2D eigenvalue weighted by molar-refractivity contribution is -0.153. The molecule has 1 unspecified atom stereocenters. The second kappa shape index (κ2) is 14.5. The highest BCUT2D eigenvalue weighted by Gasteiger charge is 2.18. The number of hydrogen-bond donors (Lipinski definition) is 2. The molecule has 33 heavy (non-hydrogen) atoms. The Morgan fingerprint density at radius 1 is 1.03 bits per heavy atom. The van der Waals surface area contributed by atoms with Crippen LogP contribution in [0.1, 0.15) is 36.8 Å². The van der Waals surface area contributed by atoms with Gasteiger partial charge in [0.1, 0.15) is 24.2 Å². The Morgan fingerprint density at radius 3 is 2.52 bits per heavy atom. The number of aryl methyl sites for hydroxylation is 2. The van der Waals surface area contributed by atoms with Gasteiger partial charge in [0.2, 0.25) is 0 Å². The zero-order valence-electron chi connectivity index (χ0n) is 19.9. The molecule has 2 aromatic carbocycles. The Balaban J connectivity index is 1.86. The van der Waals surface area contributed by atoms with Gasteiger partial charge in [-0.3, -0.25) is 4.79 Å². The summed E-state index contributed by atoms with van der Waals surface area (Å²) in [5, 5.41) is 17.9. The summed E-state index contributed by atoms with van der Waals surface area (Å²) in [7, 11) is 5.47. The number of aliphatic hydroxyl groups excluding tert-OH is 1. The van der Waals surface area contributed by atoms with E-state index in [-0.39, 0.29) is 19.4 Å². The molecular formula is C26H37NO6. The fraction of sp³-hybridized carbons (Fsp3) is 0.500. The molecule has 0 spiro atoms. The van der Waals surface area contributed by atoms with Gasteiger partial charge in [-0.1, -0.05) is 30.3 Å². The first-order valence-electron chi connectivity index (χ1n) is 11.4. The first kappa shape index (κ1) is 26.6. The third-order valence-corrected chi connectivity index (χ3v) is 5.17. The highest BCUT2D eigenvalue weighted by Crippen LogP contribution is 2.22. The molecular weight excluding hydrogens is 422 g/mol. The van der Waals surface area contributed by atoms with E-state index in [9.17, 15) is 4.79 Å². The Labute approximate surface area is 196 Å². The van der Waals surface area contributed by atoms with Crippen molar-refractivity contribution in [2.75, 3.05) is 34.4 Å². The molecule has 1 atom stereocenters. The Bertz CT molecular complexity index is 839. The average Bonchev–Trinajstić information content (AvgIpc) is 2.79. The van der Waals surface area contributed by atoms with Gasteiger partial charge >= 0.3 is 5.97 Å². The quantitative estimate of drug-likeness (QED) is 0.240. The van der Waals surface area contributed by atoms with Crippen LogP contribution in [0.3, 0.4) is 0 Å². The average molecular weight is 460 g/mol. The number of methoxy groups -OCH3 is 1. The first-order chi connectivity index (χ1) is 15.9. The number of ether oxygens (including phenoxy) is 3. The number of unbranched alkanes of at least 4 members (excludes halogenated alkanes) is 1. The summed E-state index contributed by atoms with van der Waals surface area (Å²) >= 11 is 0. The molecule has 2 aromatic rings. The minimum absolute atomic E-state index is 0.0486. The van der Waals surface area contributed by atoms with Crippen molar-refractivity contribution >= 4 is 5.97 Å². The summed E-state index contributed by atoms with van der Waals surface area (Å²) in [6, 6.07) is 16.1. The van der Waals surface area contributed by atoms with Gasteiger partial charge in [0, 0.05) is 13.0 Å². The minimum atomic E-state index is -1.52. The molecule has 0 aliphatic carbocycles. The van der Waals surface area contributed by atoms with Gasteiger partial charge < -0.3 is 29.3 Å². The topological polar surface area (TPSA) is 88.5 Å². The third kappa shape index (κ3) is 10.7. The molecule has 0 saturated carbocycles. The van der Waals surface area contributed by atoms with Crippen LogP contribution in [0, 0.1) is 0 Å². The normalized spacial score (nSPS) is 12.1. The summed E-state index contributed by atoms with van der Waals surface area (Å²) in [5.74, 6) is 1.21. The van der Waals surface area contributed by atoms with Crippen LogP contribution < -0.4 is 9.47 Å². The molecule has 7 nitrogen and oxygen atoms in total. The van der Waals surface area contributed by atoms with Gasteiger partial charge in [-0.05, 0) is 69.1 Å². The van der Waals surface area contributed by atoms with Gasteiger partial charge in [-0.2, -0.15) is 0 Å². The molecule has 2 N–H and O–H groups in total. The van der Waals surface area contributed by atoms with Crippen molar-refractivity contribution in [1.82, 2.24) is 4.90 Å². The Hall–Kier alpha value is -2.61. The smallest absolute Gasteiger partial charge is 0.306 e. The highest BCUT2D eigenvalue weighted by atomic mass is 16.6. The van der Waals surface area contributed by atoms with Crippen molar-refractivity contribution in [2.45, 2.75) is 50.9 Å². The number of rotatable bonds is 15. The largest absolute Gasteiger partial charge is 0.497 e. The number of esters is 1. The Kier molecular flexibility index (Phi) is 11.7. The Morgan fingerprint density at radius 2 is 1.79 bits per heavy atom. The standard InChI is InChI=1S/C26H37NO6/c1-27(2)18-23(33-26(30)16-15-25(28)29)19-32-24-14-7-6-12-21(24)11-5-4-9-20-10-8-13-22(17-20)31-3/h6-8,10,12-14,17,23,25,28-29H,4-5,9,11,15-16,18-19H2,1-3H3. The van der Waals surface area contributed by atoms with Crippen molar-refractivity contribution in [3.05, 3.63) is 59.7 Å². The molecule has 0 aliphatic rings. The number of carbonyl (C=O) groups excluding carboxylic acids is 1. The molecule has 0 heterocycles. The SMILES string of the molecule is COc1cccc(CCCCc2ccccc2OCC(CN(C)C)OC(=O)CCC(O)O)c1. The van der Waals surface area contributed by atoms with E-state index in [4.69, 9.17) is 24.4 Å². The first-order valence-corrected chi connectivity index (χ1v) is 11.4. The van der Waals surface area contributed by atoms with E-state index in [0.29, 0.717) is 6.54 Å². The van der Waals surface area contributed by atoms with E-state index in [0.717, 1.165) is 42.7 Å². The second-order valence-corrected chi connectivity index (χ2v) is 8.37. The maximum Gasteiger partial charge on any atom is 0.306 e. The molecule has 182 valence electrons. The van der Waals surface area contributed by atoms with Gasteiger partial charge in [-0.15, -0.1) is 0 Å². The van der Waals surface area contributed by atoms with Gasteiger partial charge in [0.15, 0.2) is 6.29 Å². The number of aliphatic hydroxyl groups is 2. The summed E-state index contributed by atoms with van der Waals surface area (Å²) in [5.41, 5.74) is 2.39. The van der Waals surface area contributed by atoms with E-state index < -0.39 is 18.4 Å². The van der Waals surface area contributed by atoms with Crippen molar-refractivity contribution in [2.24, 2.45) is 0 Å². The fourth-order valence-corrected chi connectivity index (χ4v) is 3.53. The van der Waals surface area contributed by atoms with Crippen LogP contribution in [0.4, 0.5) is 0 Å². The van der Waals surface area contributed by atoms with E-state index in [1.807, 2.05) is 49.3 Å². The predicted octanol–water partition coefficient (Wildman–Crippen LogP) is 3.20. The van der Waals surface area contributed by atoms with Crippen molar-refractivity contribution < 1.29 is 29.2 Å². The molecule has 0 fully saturated rings. The van der Waals surface area contributed by atoms with Gasteiger partial charge in [0.05, 0.1) is 13.5 Å².